The molecule has 0 bridgehead atoms. The summed E-state index contributed by atoms with van der Waals surface area (Å²) in [7, 11) is 0. The number of ether oxygens (including phenoxy) is 1. The van der Waals surface area contributed by atoms with Gasteiger partial charge in [-0.05, 0) is 24.3 Å². The number of hydrogen-bond donors (Lipinski definition) is 1. The fraction of sp³-hybridized carbons (Fsp3) is 0.100. The van der Waals surface area contributed by atoms with Gasteiger partial charge in [0.25, 0.3) is 0 Å². The van der Waals surface area contributed by atoms with E-state index in [2.05, 4.69) is 0 Å². The van der Waals surface area contributed by atoms with Crippen molar-refractivity contribution in [3.8, 4) is 11.8 Å². The van der Waals surface area contributed by atoms with Gasteiger partial charge in [-0.1, -0.05) is 0 Å². The Hall–Kier alpha value is -2.35. The minimum atomic E-state index is -1.05. The predicted molar refractivity (Wildman–Crippen MR) is 49.3 cm³/mol. The molecule has 1 N–H and O–H groups in total. The number of carbonyl (C=O) groups is 2. The molecule has 0 aliphatic heterocycles. The van der Waals surface area contributed by atoms with Gasteiger partial charge in [-0.2, -0.15) is 5.26 Å². The number of nitriles is 1. The molecule has 76 valence electrons. The largest absolute Gasteiger partial charge is 0.478 e. The molecular weight excluding hydrogens is 198 g/mol. The molecule has 5 nitrogen and oxygen atoms in total. The third-order valence-electron chi connectivity index (χ3n) is 1.56. The Morgan fingerprint density at radius 1 is 1.33 bits per heavy atom. The number of nitrogens with zero attached hydrogens (tertiary/aromatic N) is 1. The van der Waals surface area contributed by atoms with Crippen molar-refractivity contribution >= 4 is 11.9 Å². The minimum Gasteiger partial charge on any atom is -0.478 e. The first-order valence-corrected chi connectivity index (χ1v) is 4.04. The number of aromatic carboxylic acids is 1. The smallest absolute Gasteiger partial charge is 0.335 e. The highest BCUT2D eigenvalue weighted by molar-refractivity contribution is 5.87. The maximum absolute atomic E-state index is 10.9. The first-order valence-electron chi connectivity index (χ1n) is 4.04. The van der Waals surface area contributed by atoms with Crippen LogP contribution in [0, 0.1) is 11.3 Å². The third kappa shape index (κ3) is 3.12. The van der Waals surface area contributed by atoms with Crippen molar-refractivity contribution in [3.63, 3.8) is 0 Å². The minimum absolute atomic E-state index is 0.107. The van der Waals surface area contributed by atoms with Crippen LogP contribution in [0.5, 0.6) is 5.75 Å². The molecule has 15 heavy (non-hydrogen) atoms. The van der Waals surface area contributed by atoms with E-state index < -0.39 is 11.9 Å². The summed E-state index contributed by atoms with van der Waals surface area (Å²) in [6.45, 7) is 0. The monoisotopic (exact) mass is 205 g/mol. The topological polar surface area (TPSA) is 87.4 Å². The molecule has 0 fully saturated rings. The lowest BCUT2D eigenvalue weighted by atomic mass is 10.2. The maximum Gasteiger partial charge on any atom is 0.335 e. The van der Waals surface area contributed by atoms with Gasteiger partial charge in [0.05, 0.1) is 11.6 Å². The van der Waals surface area contributed by atoms with Crippen LogP contribution in [0.1, 0.15) is 16.8 Å². The van der Waals surface area contributed by atoms with Gasteiger partial charge in [0.15, 0.2) is 0 Å². The number of hydrogen-bond acceptors (Lipinski definition) is 4. The molecular formula is C10H7NO4. The summed E-state index contributed by atoms with van der Waals surface area (Å²) in [4.78, 5) is 21.4. The molecule has 0 aromatic heterocycles. The quantitative estimate of drug-likeness (QED) is 0.591. The van der Waals surface area contributed by atoms with Crippen LogP contribution < -0.4 is 4.74 Å². The zero-order chi connectivity index (χ0) is 11.3. The molecule has 1 aromatic rings. The summed E-state index contributed by atoms with van der Waals surface area (Å²) in [6, 6.07) is 7.00. The number of benzene rings is 1. The van der Waals surface area contributed by atoms with E-state index in [-0.39, 0.29) is 17.7 Å². The SMILES string of the molecule is N#CCC(=O)Oc1ccc(C(=O)O)cc1. The standard InChI is InChI=1S/C10H7NO4/c11-6-5-9(12)15-8-3-1-7(2-4-8)10(13)14/h1-4H,5H2,(H,13,14). The summed E-state index contributed by atoms with van der Waals surface area (Å²) >= 11 is 0. The van der Waals surface area contributed by atoms with E-state index in [0.29, 0.717) is 0 Å². The second-order valence-corrected chi connectivity index (χ2v) is 2.64. The molecule has 0 amide bonds. The second kappa shape index (κ2) is 4.77. The molecule has 5 heteroatoms. The number of carboxylic acids is 1. The summed E-state index contributed by atoms with van der Waals surface area (Å²) < 4.78 is 4.74. The van der Waals surface area contributed by atoms with Crippen LogP contribution in [0.15, 0.2) is 24.3 Å². The molecule has 0 unspecified atom stereocenters. The lowest BCUT2D eigenvalue weighted by Crippen LogP contribution is -2.06. The van der Waals surface area contributed by atoms with Crippen LogP contribution in [0.3, 0.4) is 0 Å². The van der Waals surface area contributed by atoms with Gasteiger partial charge in [0, 0.05) is 0 Å². The molecule has 0 heterocycles. The van der Waals surface area contributed by atoms with Crippen LogP contribution in [0.4, 0.5) is 0 Å². The lowest BCUT2D eigenvalue weighted by Gasteiger charge is -2.01. The van der Waals surface area contributed by atoms with E-state index >= 15 is 0 Å². The van der Waals surface area contributed by atoms with Crippen LogP contribution >= 0.6 is 0 Å². The third-order valence-corrected chi connectivity index (χ3v) is 1.56. The van der Waals surface area contributed by atoms with E-state index in [1.165, 1.54) is 24.3 Å². The van der Waals surface area contributed by atoms with E-state index in [1.807, 2.05) is 0 Å². The van der Waals surface area contributed by atoms with Crippen LogP contribution in [0.2, 0.25) is 0 Å². The Balaban J connectivity index is 2.69. The van der Waals surface area contributed by atoms with Gasteiger partial charge in [-0.25, -0.2) is 4.79 Å². The summed E-state index contributed by atoms with van der Waals surface area (Å²) in [6.07, 6.45) is -0.333. The van der Waals surface area contributed by atoms with E-state index in [1.54, 1.807) is 6.07 Å². The molecule has 0 saturated carbocycles. The Bertz CT molecular complexity index is 416. The highest BCUT2D eigenvalue weighted by Gasteiger charge is 2.05. The Kier molecular flexibility index (Phi) is 3.41. The average molecular weight is 205 g/mol. The van der Waals surface area contributed by atoms with Crippen molar-refractivity contribution in [2.24, 2.45) is 0 Å². The second-order valence-electron chi connectivity index (χ2n) is 2.64. The molecule has 1 rings (SSSR count). The number of rotatable bonds is 3. The molecule has 0 aliphatic rings. The fourth-order valence-corrected chi connectivity index (χ4v) is 0.898. The van der Waals surface area contributed by atoms with Crippen molar-refractivity contribution in [1.82, 2.24) is 0 Å². The summed E-state index contributed by atoms with van der Waals surface area (Å²) in [5.41, 5.74) is 0.107. The van der Waals surface area contributed by atoms with Gasteiger partial charge in [0.2, 0.25) is 0 Å². The lowest BCUT2D eigenvalue weighted by molar-refractivity contribution is -0.133. The van der Waals surface area contributed by atoms with Gasteiger partial charge in [-0.3, -0.25) is 4.79 Å². The zero-order valence-electron chi connectivity index (χ0n) is 7.64. The molecule has 0 saturated heterocycles. The first kappa shape index (κ1) is 10.7. The fourth-order valence-electron chi connectivity index (χ4n) is 0.898. The Morgan fingerprint density at radius 3 is 2.40 bits per heavy atom. The van der Waals surface area contributed by atoms with Gasteiger partial charge >= 0.3 is 11.9 Å². The average Bonchev–Trinajstić information content (AvgIpc) is 2.18. The van der Waals surface area contributed by atoms with Gasteiger partial charge < -0.3 is 9.84 Å². The van der Waals surface area contributed by atoms with Crippen LogP contribution in [-0.4, -0.2) is 17.0 Å². The maximum atomic E-state index is 10.9. The zero-order valence-corrected chi connectivity index (χ0v) is 7.64. The Labute approximate surface area is 85.5 Å². The van der Waals surface area contributed by atoms with Crippen LogP contribution in [-0.2, 0) is 4.79 Å². The predicted octanol–water partition coefficient (Wildman–Crippen LogP) is 1.20. The molecule has 0 atom stereocenters. The van der Waals surface area contributed by atoms with Crippen LogP contribution in [0.25, 0.3) is 0 Å². The van der Waals surface area contributed by atoms with E-state index in [4.69, 9.17) is 15.1 Å². The van der Waals surface area contributed by atoms with Crippen molar-refractivity contribution < 1.29 is 19.4 Å². The molecule has 1 aromatic carbocycles. The summed E-state index contributed by atoms with van der Waals surface area (Å²) in [5.74, 6) is -1.49. The molecule has 0 aliphatic carbocycles. The summed E-state index contributed by atoms with van der Waals surface area (Å²) in [5, 5.41) is 16.8. The molecule has 0 spiro atoms. The van der Waals surface area contributed by atoms with E-state index in [0.717, 1.165) is 0 Å². The normalized spacial score (nSPS) is 9.00. The van der Waals surface area contributed by atoms with Crippen molar-refractivity contribution in [2.45, 2.75) is 6.42 Å². The van der Waals surface area contributed by atoms with Crippen molar-refractivity contribution in [3.05, 3.63) is 29.8 Å². The van der Waals surface area contributed by atoms with Crippen molar-refractivity contribution in [2.75, 3.05) is 0 Å². The number of carboxylic acid groups (broad SMARTS) is 1. The first-order chi connectivity index (χ1) is 7.13. The number of carbonyl (C=O) groups excluding carboxylic acids is 1. The number of esters is 1. The van der Waals surface area contributed by atoms with E-state index in [9.17, 15) is 9.59 Å². The highest BCUT2D eigenvalue weighted by atomic mass is 16.5. The highest BCUT2D eigenvalue weighted by Crippen LogP contribution is 2.12. The molecule has 0 radical (unpaired) electrons. The van der Waals surface area contributed by atoms with Gasteiger partial charge in [-0.15, -0.1) is 0 Å². The van der Waals surface area contributed by atoms with Gasteiger partial charge in [0.1, 0.15) is 12.2 Å². The van der Waals surface area contributed by atoms with Crippen molar-refractivity contribution in [1.29, 1.82) is 5.26 Å². The Morgan fingerprint density at radius 2 is 1.93 bits per heavy atom.